The summed E-state index contributed by atoms with van der Waals surface area (Å²) in [4.78, 5) is 16.1. The highest BCUT2D eigenvalue weighted by Crippen LogP contribution is 2.02. The fourth-order valence-electron chi connectivity index (χ4n) is 1.89. The summed E-state index contributed by atoms with van der Waals surface area (Å²) in [6.45, 7) is 4.27. The maximum Gasteiger partial charge on any atom is 0.244 e. The molecule has 2 N–H and O–H groups in total. The van der Waals surface area contributed by atoms with Gasteiger partial charge >= 0.3 is 0 Å². The van der Waals surface area contributed by atoms with Gasteiger partial charge in [0.1, 0.15) is 6.54 Å². The van der Waals surface area contributed by atoms with Crippen molar-refractivity contribution in [3.05, 3.63) is 18.0 Å². The minimum atomic E-state index is 0.129. The maximum absolute atomic E-state index is 12.0. The molecule has 1 aromatic rings. The number of amides is 1. The molecule has 0 unspecified atom stereocenters. The Hall–Kier alpha value is -1.40. The van der Waals surface area contributed by atoms with Crippen LogP contribution in [0.5, 0.6) is 0 Å². The van der Waals surface area contributed by atoms with E-state index < -0.39 is 0 Å². The standard InChI is InChI=1S/C11H19N5O/c1-14-2-4-15(5-3-14)11(17)9-16-8-10(6-12)7-13-16/h7-8H,2-6,9,12H2,1H3. The van der Waals surface area contributed by atoms with Crippen LogP contribution in [-0.4, -0.2) is 58.7 Å². The maximum atomic E-state index is 12.0. The summed E-state index contributed by atoms with van der Waals surface area (Å²) < 4.78 is 1.66. The first-order chi connectivity index (χ1) is 8.19. The Labute approximate surface area is 101 Å². The van der Waals surface area contributed by atoms with E-state index in [0.29, 0.717) is 13.1 Å². The van der Waals surface area contributed by atoms with E-state index in [1.807, 2.05) is 11.1 Å². The number of hydrogen-bond acceptors (Lipinski definition) is 4. The number of carbonyl (C=O) groups excluding carboxylic acids is 1. The summed E-state index contributed by atoms with van der Waals surface area (Å²) in [7, 11) is 2.07. The second kappa shape index (κ2) is 5.29. The van der Waals surface area contributed by atoms with Gasteiger partial charge in [0.05, 0.1) is 6.20 Å². The van der Waals surface area contributed by atoms with Crippen molar-refractivity contribution < 1.29 is 4.79 Å². The molecular weight excluding hydrogens is 218 g/mol. The van der Waals surface area contributed by atoms with E-state index in [-0.39, 0.29) is 5.91 Å². The molecule has 0 spiro atoms. The number of nitrogens with two attached hydrogens (primary N) is 1. The van der Waals surface area contributed by atoms with Crippen molar-refractivity contribution in [1.29, 1.82) is 0 Å². The van der Waals surface area contributed by atoms with E-state index in [4.69, 9.17) is 5.73 Å². The molecule has 1 fully saturated rings. The molecule has 6 nitrogen and oxygen atoms in total. The zero-order valence-corrected chi connectivity index (χ0v) is 10.2. The lowest BCUT2D eigenvalue weighted by molar-refractivity contribution is -0.133. The number of likely N-dealkylation sites (N-methyl/N-ethyl adjacent to an activating group) is 1. The molecule has 1 aromatic heterocycles. The number of nitrogens with zero attached hydrogens (tertiary/aromatic N) is 4. The smallest absolute Gasteiger partial charge is 0.244 e. The molecule has 0 atom stereocenters. The molecule has 6 heteroatoms. The normalized spacial score (nSPS) is 17.4. The first-order valence-corrected chi connectivity index (χ1v) is 5.87. The van der Waals surface area contributed by atoms with Gasteiger partial charge in [0.15, 0.2) is 0 Å². The van der Waals surface area contributed by atoms with Gasteiger partial charge in [0, 0.05) is 44.5 Å². The van der Waals surface area contributed by atoms with E-state index in [1.54, 1.807) is 10.9 Å². The van der Waals surface area contributed by atoms with Crippen LogP contribution in [0.3, 0.4) is 0 Å². The van der Waals surface area contributed by atoms with Crippen LogP contribution in [0.15, 0.2) is 12.4 Å². The van der Waals surface area contributed by atoms with Gasteiger partial charge in [-0.05, 0) is 7.05 Å². The van der Waals surface area contributed by atoms with Crippen LogP contribution in [0, 0.1) is 0 Å². The number of hydrogen-bond donors (Lipinski definition) is 1. The minimum absolute atomic E-state index is 0.129. The summed E-state index contributed by atoms with van der Waals surface area (Å²) >= 11 is 0. The molecule has 1 aliphatic heterocycles. The SMILES string of the molecule is CN1CCN(C(=O)Cn2cc(CN)cn2)CC1. The van der Waals surface area contributed by atoms with Gasteiger partial charge < -0.3 is 15.5 Å². The quantitative estimate of drug-likeness (QED) is 0.741. The molecular formula is C11H19N5O. The summed E-state index contributed by atoms with van der Waals surface area (Å²) in [6.07, 6.45) is 3.53. The third-order valence-electron chi connectivity index (χ3n) is 3.08. The average Bonchev–Trinajstić information content (AvgIpc) is 2.77. The van der Waals surface area contributed by atoms with Crippen molar-refractivity contribution in [3.8, 4) is 0 Å². The van der Waals surface area contributed by atoms with E-state index >= 15 is 0 Å². The lowest BCUT2D eigenvalue weighted by Gasteiger charge is -2.32. The van der Waals surface area contributed by atoms with Crippen LogP contribution >= 0.6 is 0 Å². The Morgan fingerprint density at radius 2 is 2.12 bits per heavy atom. The van der Waals surface area contributed by atoms with Gasteiger partial charge in [-0.3, -0.25) is 9.48 Å². The topological polar surface area (TPSA) is 67.4 Å². The number of carbonyl (C=O) groups is 1. The second-order valence-electron chi connectivity index (χ2n) is 4.43. The summed E-state index contributed by atoms with van der Waals surface area (Å²) in [5.74, 6) is 0.129. The first-order valence-electron chi connectivity index (χ1n) is 5.87. The Kier molecular flexibility index (Phi) is 3.75. The third-order valence-corrected chi connectivity index (χ3v) is 3.08. The molecule has 17 heavy (non-hydrogen) atoms. The van der Waals surface area contributed by atoms with Crippen LogP contribution in [0.4, 0.5) is 0 Å². The summed E-state index contributed by atoms with van der Waals surface area (Å²) in [5, 5.41) is 4.12. The average molecular weight is 237 g/mol. The van der Waals surface area contributed by atoms with Gasteiger partial charge in [-0.15, -0.1) is 0 Å². The lowest BCUT2D eigenvalue weighted by atomic mass is 10.3. The van der Waals surface area contributed by atoms with Gasteiger partial charge in [-0.2, -0.15) is 5.10 Å². The fraction of sp³-hybridized carbons (Fsp3) is 0.636. The largest absolute Gasteiger partial charge is 0.339 e. The zero-order chi connectivity index (χ0) is 12.3. The molecule has 1 aliphatic rings. The predicted octanol–water partition coefficient (Wildman–Crippen LogP) is -0.884. The lowest BCUT2D eigenvalue weighted by Crippen LogP contribution is -2.48. The highest BCUT2D eigenvalue weighted by atomic mass is 16.2. The van der Waals surface area contributed by atoms with Crippen molar-refractivity contribution in [2.75, 3.05) is 33.2 Å². The highest BCUT2D eigenvalue weighted by Gasteiger charge is 2.19. The molecule has 2 rings (SSSR count). The molecule has 0 radical (unpaired) electrons. The van der Waals surface area contributed by atoms with Crippen molar-refractivity contribution in [2.24, 2.45) is 5.73 Å². The van der Waals surface area contributed by atoms with Gasteiger partial charge in [-0.25, -0.2) is 0 Å². The molecule has 1 amide bonds. The van der Waals surface area contributed by atoms with Crippen molar-refractivity contribution in [3.63, 3.8) is 0 Å². The van der Waals surface area contributed by atoms with Gasteiger partial charge in [-0.1, -0.05) is 0 Å². The highest BCUT2D eigenvalue weighted by molar-refractivity contribution is 5.76. The Bertz CT molecular complexity index is 381. The number of piperazine rings is 1. The van der Waals surface area contributed by atoms with Crippen molar-refractivity contribution in [2.45, 2.75) is 13.1 Å². The summed E-state index contributed by atoms with van der Waals surface area (Å²) in [5.41, 5.74) is 6.45. The minimum Gasteiger partial charge on any atom is -0.339 e. The Morgan fingerprint density at radius 3 is 2.71 bits per heavy atom. The molecule has 94 valence electrons. The van der Waals surface area contributed by atoms with Crippen LogP contribution in [0.1, 0.15) is 5.56 Å². The van der Waals surface area contributed by atoms with Crippen molar-refractivity contribution >= 4 is 5.91 Å². The molecule has 1 saturated heterocycles. The third kappa shape index (κ3) is 3.04. The van der Waals surface area contributed by atoms with Crippen LogP contribution in [-0.2, 0) is 17.9 Å². The molecule has 0 aliphatic carbocycles. The van der Waals surface area contributed by atoms with Gasteiger partial charge in [0.25, 0.3) is 0 Å². The Balaban J connectivity index is 1.88. The van der Waals surface area contributed by atoms with Gasteiger partial charge in [0.2, 0.25) is 5.91 Å². The molecule has 0 bridgehead atoms. The molecule has 0 saturated carbocycles. The van der Waals surface area contributed by atoms with Crippen molar-refractivity contribution in [1.82, 2.24) is 19.6 Å². The fourth-order valence-corrected chi connectivity index (χ4v) is 1.89. The van der Waals surface area contributed by atoms with E-state index in [0.717, 1.165) is 31.7 Å². The monoisotopic (exact) mass is 237 g/mol. The predicted molar refractivity (Wildman–Crippen MR) is 64.2 cm³/mol. The van der Waals surface area contributed by atoms with E-state index in [1.165, 1.54) is 0 Å². The number of aromatic nitrogens is 2. The zero-order valence-electron chi connectivity index (χ0n) is 10.2. The first kappa shape index (κ1) is 12.1. The van der Waals surface area contributed by atoms with E-state index in [9.17, 15) is 4.79 Å². The summed E-state index contributed by atoms with van der Waals surface area (Å²) in [6, 6.07) is 0. The second-order valence-corrected chi connectivity index (χ2v) is 4.43. The Morgan fingerprint density at radius 1 is 1.41 bits per heavy atom. The van der Waals surface area contributed by atoms with Crippen LogP contribution in [0.25, 0.3) is 0 Å². The van der Waals surface area contributed by atoms with Crippen LogP contribution in [0.2, 0.25) is 0 Å². The number of rotatable bonds is 3. The van der Waals surface area contributed by atoms with Crippen LogP contribution < -0.4 is 5.73 Å². The van der Waals surface area contributed by atoms with E-state index in [2.05, 4.69) is 17.0 Å². The molecule has 2 heterocycles. The molecule has 0 aromatic carbocycles.